The summed E-state index contributed by atoms with van der Waals surface area (Å²) in [6, 6.07) is 62.1. The summed E-state index contributed by atoms with van der Waals surface area (Å²) in [5, 5.41) is 12.1. The lowest BCUT2D eigenvalue weighted by molar-refractivity contribution is 0.590. The standard InChI is InChI=1S/C60H46/c1-59(2,3)45-29-23-39(24-30-45)21-27-43-37-55(51-19-11-15-41-13-7-9-17-47(41)51)53-36-34-50-44(28-22-40-25-31-46(32-26-40)60(4,5)6)38-56(54-35-33-49(43)57(53)58(50)54)52-20-12-16-42-14-8-10-18-48(42)52/h7-20,23-26,29-38H,1-6H3. The zero-order chi connectivity index (χ0) is 41.2. The van der Waals surface area contributed by atoms with E-state index in [9.17, 15) is 0 Å². The molecule has 286 valence electrons. The molecule has 0 N–H and O–H groups in total. The fraction of sp³-hybridized carbons (Fsp3) is 0.133. The van der Waals surface area contributed by atoms with Gasteiger partial charge in [-0.1, -0.05) is 199 Å². The molecular formula is C60H46. The van der Waals surface area contributed by atoms with Crippen molar-refractivity contribution in [3.63, 3.8) is 0 Å². The average molecular weight is 767 g/mol. The van der Waals surface area contributed by atoms with Crippen LogP contribution in [-0.4, -0.2) is 0 Å². The van der Waals surface area contributed by atoms with Crippen LogP contribution in [0.2, 0.25) is 0 Å². The van der Waals surface area contributed by atoms with Crippen LogP contribution in [0, 0.1) is 23.7 Å². The number of benzene rings is 10. The van der Waals surface area contributed by atoms with Gasteiger partial charge in [0.25, 0.3) is 0 Å². The second kappa shape index (κ2) is 14.3. The largest absolute Gasteiger partial charge is 0.0616 e. The summed E-state index contributed by atoms with van der Waals surface area (Å²) in [6.07, 6.45) is 0. The Labute approximate surface area is 353 Å². The van der Waals surface area contributed by atoms with Crippen LogP contribution < -0.4 is 0 Å². The van der Waals surface area contributed by atoms with Crippen molar-refractivity contribution in [1.82, 2.24) is 0 Å². The van der Waals surface area contributed by atoms with Crippen molar-refractivity contribution in [2.24, 2.45) is 0 Å². The first-order valence-corrected chi connectivity index (χ1v) is 21.0. The van der Waals surface area contributed by atoms with E-state index in [0.717, 1.165) is 33.0 Å². The molecule has 0 aromatic heterocycles. The zero-order valence-electron chi connectivity index (χ0n) is 35.2. The van der Waals surface area contributed by atoms with E-state index in [4.69, 9.17) is 0 Å². The van der Waals surface area contributed by atoms with Crippen molar-refractivity contribution in [3.8, 4) is 45.9 Å². The molecule has 0 heterocycles. The molecule has 0 atom stereocenters. The number of rotatable bonds is 2. The molecule has 0 aliphatic rings. The van der Waals surface area contributed by atoms with E-state index in [1.54, 1.807) is 0 Å². The number of fused-ring (bicyclic) bond motifs is 2. The fourth-order valence-electron chi connectivity index (χ4n) is 8.95. The van der Waals surface area contributed by atoms with Crippen molar-refractivity contribution >= 4 is 53.9 Å². The van der Waals surface area contributed by atoms with Gasteiger partial charge in [-0.05, 0) is 134 Å². The monoisotopic (exact) mass is 766 g/mol. The van der Waals surface area contributed by atoms with Crippen molar-refractivity contribution in [2.45, 2.75) is 52.4 Å². The molecular weight excluding hydrogens is 721 g/mol. The third-order valence-electron chi connectivity index (χ3n) is 12.2. The van der Waals surface area contributed by atoms with Gasteiger partial charge in [0.1, 0.15) is 0 Å². The maximum Gasteiger partial charge on any atom is 0.0334 e. The van der Waals surface area contributed by atoms with Crippen molar-refractivity contribution < 1.29 is 0 Å². The number of hydrogen-bond acceptors (Lipinski definition) is 0. The van der Waals surface area contributed by atoms with Gasteiger partial charge in [0.2, 0.25) is 0 Å². The van der Waals surface area contributed by atoms with Crippen molar-refractivity contribution in [3.05, 3.63) is 203 Å². The summed E-state index contributed by atoms with van der Waals surface area (Å²) in [6.45, 7) is 13.5. The second-order valence-corrected chi connectivity index (χ2v) is 18.2. The van der Waals surface area contributed by atoms with Crippen LogP contribution in [0.3, 0.4) is 0 Å². The zero-order valence-corrected chi connectivity index (χ0v) is 35.2. The van der Waals surface area contributed by atoms with Crippen molar-refractivity contribution in [2.75, 3.05) is 0 Å². The second-order valence-electron chi connectivity index (χ2n) is 18.2. The Kier molecular flexibility index (Phi) is 8.86. The van der Waals surface area contributed by atoms with Crippen LogP contribution >= 0.6 is 0 Å². The molecule has 0 nitrogen and oxygen atoms in total. The summed E-state index contributed by atoms with van der Waals surface area (Å²) in [5.41, 5.74) is 11.6. The van der Waals surface area contributed by atoms with E-state index < -0.39 is 0 Å². The molecule has 0 fully saturated rings. The van der Waals surface area contributed by atoms with Crippen LogP contribution in [0.1, 0.15) is 74.9 Å². The highest BCUT2D eigenvalue weighted by molar-refractivity contribution is 6.30. The Morgan fingerprint density at radius 2 is 0.667 bits per heavy atom. The minimum absolute atomic E-state index is 0.0798. The average Bonchev–Trinajstić information content (AvgIpc) is 3.26. The molecule has 0 radical (unpaired) electrons. The maximum atomic E-state index is 3.70. The Morgan fingerprint density at radius 3 is 1.07 bits per heavy atom. The molecule has 0 saturated heterocycles. The van der Waals surface area contributed by atoms with E-state index in [2.05, 4.69) is 235 Å². The summed E-state index contributed by atoms with van der Waals surface area (Å²) in [5.74, 6) is 14.6. The van der Waals surface area contributed by atoms with Crippen LogP contribution in [0.15, 0.2) is 170 Å². The normalized spacial score (nSPS) is 11.9. The van der Waals surface area contributed by atoms with Crippen LogP contribution in [0.5, 0.6) is 0 Å². The van der Waals surface area contributed by atoms with Gasteiger partial charge in [0, 0.05) is 22.3 Å². The maximum absolute atomic E-state index is 3.70. The number of hydrogen-bond donors (Lipinski definition) is 0. The summed E-state index contributed by atoms with van der Waals surface area (Å²) in [4.78, 5) is 0. The third kappa shape index (κ3) is 6.56. The molecule has 0 spiro atoms. The highest BCUT2D eigenvalue weighted by atomic mass is 14.2. The summed E-state index contributed by atoms with van der Waals surface area (Å²) < 4.78 is 0. The molecule has 0 saturated carbocycles. The van der Waals surface area contributed by atoms with Gasteiger partial charge in [-0.3, -0.25) is 0 Å². The fourth-order valence-corrected chi connectivity index (χ4v) is 8.95. The van der Waals surface area contributed by atoms with Crippen LogP contribution in [-0.2, 0) is 10.8 Å². The summed E-state index contributed by atoms with van der Waals surface area (Å²) >= 11 is 0. The summed E-state index contributed by atoms with van der Waals surface area (Å²) in [7, 11) is 0. The molecule has 0 heteroatoms. The van der Waals surface area contributed by atoms with Gasteiger partial charge in [0.15, 0.2) is 0 Å². The molecule has 10 aromatic carbocycles. The van der Waals surface area contributed by atoms with Gasteiger partial charge in [-0.15, -0.1) is 0 Å². The smallest absolute Gasteiger partial charge is 0.0334 e. The molecule has 0 aliphatic heterocycles. The molecule has 0 aliphatic carbocycles. The Hall–Kier alpha value is -7.12. The highest BCUT2D eigenvalue weighted by Gasteiger charge is 2.21. The van der Waals surface area contributed by atoms with E-state index in [1.165, 1.54) is 76.5 Å². The van der Waals surface area contributed by atoms with Crippen LogP contribution in [0.4, 0.5) is 0 Å². The molecule has 0 amide bonds. The van der Waals surface area contributed by atoms with Gasteiger partial charge in [0.05, 0.1) is 0 Å². The Morgan fingerprint density at radius 1 is 0.300 bits per heavy atom. The van der Waals surface area contributed by atoms with E-state index >= 15 is 0 Å². The lowest BCUT2D eigenvalue weighted by atomic mass is 9.83. The Bertz CT molecular complexity index is 3170. The van der Waals surface area contributed by atoms with E-state index in [-0.39, 0.29) is 10.8 Å². The Balaban J connectivity index is 1.29. The van der Waals surface area contributed by atoms with E-state index in [1.807, 2.05) is 0 Å². The van der Waals surface area contributed by atoms with Gasteiger partial charge in [-0.25, -0.2) is 0 Å². The SMILES string of the molecule is CC(C)(C)c1ccc(C#Cc2cc(-c3cccc4ccccc34)c3ccc4c(C#Cc5ccc(C(C)(C)C)cc5)cc(-c5cccc6ccccc56)c5ccc2c3c45)cc1. The first-order chi connectivity index (χ1) is 29.0. The lowest BCUT2D eigenvalue weighted by Gasteiger charge is -2.20. The minimum Gasteiger partial charge on any atom is -0.0616 e. The van der Waals surface area contributed by atoms with Gasteiger partial charge in [-0.2, -0.15) is 0 Å². The van der Waals surface area contributed by atoms with Gasteiger partial charge >= 0.3 is 0 Å². The highest BCUT2D eigenvalue weighted by Crippen LogP contribution is 2.46. The predicted molar refractivity (Wildman–Crippen MR) is 258 cm³/mol. The van der Waals surface area contributed by atoms with Crippen LogP contribution in [0.25, 0.3) is 76.1 Å². The van der Waals surface area contributed by atoms with E-state index in [0.29, 0.717) is 0 Å². The first-order valence-electron chi connectivity index (χ1n) is 21.0. The molecule has 10 rings (SSSR count). The lowest BCUT2D eigenvalue weighted by Crippen LogP contribution is -2.10. The van der Waals surface area contributed by atoms with Crippen molar-refractivity contribution in [1.29, 1.82) is 0 Å². The third-order valence-corrected chi connectivity index (χ3v) is 12.2. The predicted octanol–water partition coefficient (Wildman–Crippen LogP) is 15.6. The molecule has 10 aromatic rings. The van der Waals surface area contributed by atoms with Gasteiger partial charge < -0.3 is 0 Å². The molecule has 60 heavy (non-hydrogen) atoms. The molecule has 0 unspecified atom stereocenters. The topological polar surface area (TPSA) is 0 Å². The quantitative estimate of drug-likeness (QED) is 0.121. The minimum atomic E-state index is 0.0798. The molecule has 0 bridgehead atoms. The first kappa shape index (κ1) is 37.2.